The van der Waals surface area contributed by atoms with E-state index in [0.717, 1.165) is 39.7 Å². The van der Waals surface area contributed by atoms with Gasteiger partial charge in [-0.05, 0) is 41.5 Å². The van der Waals surface area contributed by atoms with Crippen LogP contribution in [0.4, 0.5) is 13.2 Å². The minimum Gasteiger partial charge on any atom is -0.478 e. The maximum Gasteiger partial charge on any atom is 0.416 e. The zero-order chi connectivity index (χ0) is 22.7. The number of hydrogen-bond donors (Lipinski definition) is 1. The van der Waals surface area contributed by atoms with E-state index in [9.17, 15) is 23.1 Å². The smallest absolute Gasteiger partial charge is 0.416 e. The molecule has 0 bridgehead atoms. The van der Waals surface area contributed by atoms with E-state index in [-0.39, 0.29) is 5.75 Å². The number of thioether (sulfide) groups is 1. The molecule has 0 fully saturated rings. The molecular weight excluding hydrogens is 459 g/mol. The number of ether oxygens (including phenoxy) is 1. The number of carboxylic acids is 1. The van der Waals surface area contributed by atoms with Gasteiger partial charge in [-0.15, -0.1) is 23.1 Å². The summed E-state index contributed by atoms with van der Waals surface area (Å²) in [5.41, 5.74) is 2.58. The molecule has 0 saturated carbocycles. The summed E-state index contributed by atoms with van der Waals surface area (Å²) in [6.45, 7) is 0. The summed E-state index contributed by atoms with van der Waals surface area (Å²) in [5.74, 6) is -0.471. The first-order valence-electron chi connectivity index (χ1n) is 9.41. The topological polar surface area (TPSA) is 59.4 Å². The Kier molecular flexibility index (Phi) is 6.38. The van der Waals surface area contributed by atoms with Gasteiger partial charge in [-0.3, -0.25) is 0 Å². The van der Waals surface area contributed by atoms with Gasteiger partial charge in [0.25, 0.3) is 0 Å². The first-order chi connectivity index (χ1) is 15.3. The average Bonchev–Trinajstić information content (AvgIpc) is 3.24. The van der Waals surface area contributed by atoms with Gasteiger partial charge in [-0.2, -0.15) is 13.2 Å². The number of rotatable bonds is 7. The van der Waals surface area contributed by atoms with E-state index in [1.165, 1.54) is 23.5 Å². The molecule has 1 heterocycles. The highest BCUT2D eigenvalue weighted by Crippen LogP contribution is 2.35. The molecule has 1 atom stereocenters. The van der Waals surface area contributed by atoms with Gasteiger partial charge in [-0.1, -0.05) is 36.4 Å². The average molecular weight is 476 g/mol. The number of alkyl halides is 3. The lowest BCUT2D eigenvalue weighted by molar-refractivity contribution is -0.141. The quantitative estimate of drug-likeness (QED) is 0.301. The van der Waals surface area contributed by atoms with Crippen LogP contribution in [0, 0.1) is 0 Å². The Hall–Kier alpha value is -3.04. The van der Waals surface area contributed by atoms with Gasteiger partial charge in [0.05, 0.1) is 21.3 Å². The summed E-state index contributed by atoms with van der Waals surface area (Å²) >= 11 is 2.63. The molecule has 1 aromatic heterocycles. The molecule has 3 aromatic carbocycles. The summed E-state index contributed by atoms with van der Waals surface area (Å²) in [7, 11) is 0. The fourth-order valence-corrected chi connectivity index (χ4v) is 4.58. The van der Waals surface area contributed by atoms with Gasteiger partial charge in [0, 0.05) is 11.3 Å². The van der Waals surface area contributed by atoms with Crippen molar-refractivity contribution < 1.29 is 27.8 Å². The molecule has 1 N–H and O–H groups in total. The summed E-state index contributed by atoms with van der Waals surface area (Å²) in [6, 6.07) is 17.1. The number of hydrogen-bond acceptors (Lipinski definition) is 5. The van der Waals surface area contributed by atoms with Crippen LogP contribution in [0.2, 0.25) is 0 Å². The third kappa shape index (κ3) is 5.05. The maximum atomic E-state index is 12.9. The summed E-state index contributed by atoms with van der Waals surface area (Å²) < 4.78 is 45.4. The number of halogens is 3. The van der Waals surface area contributed by atoms with Gasteiger partial charge in [0.1, 0.15) is 5.75 Å². The van der Waals surface area contributed by atoms with Crippen molar-refractivity contribution in [3.63, 3.8) is 0 Å². The molecular formula is C23H16F3NO3S2. The Labute approximate surface area is 189 Å². The summed E-state index contributed by atoms with van der Waals surface area (Å²) in [5, 5.41) is 9.66. The number of para-hydroxylation sites is 1. The normalized spacial score (nSPS) is 12.6. The highest BCUT2D eigenvalue weighted by molar-refractivity contribution is 7.99. The first-order valence-corrected chi connectivity index (χ1v) is 11.3. The fraction of sp³-hybridized carbons (Fsp3) is 0.130. The molecule has 4 nitrogen and oxygen atoms in total. The summed E-state index contributed by atoms with van der Waals surface area (Å²) in [4.78, 5) is 16.1. The molecule has 0 saturated heterocycles. The summed E-state index contributed by atoms with van der Waals surface area (Å²) in [6.07, 6.45) is -4.43. The SMILES string of the molecule is O=C(O)C(Oc1ccccc1-c1ccc(C(F)(F)F)cc1)SCc1ccc2scnc2c1. The van der Waals surface area contributed by atoms with Crippen molar-refractivity contribution in [2.75, 3.05) is 0 Å². The minimum absolute atomic E-state index is 0.280. The number of thiazole rings is 1. The zero-order valence-electron chi connectivity index (χ0n) is 16.4. The molecule has 4 rings (SSSR count). The van der Waals surface area contributed by atoms with E-state index in [0.29, 0.717) is 16.9 Å². The molecule has 1 unspecified atom stereocenters. The second-order valence-electron chi connectivity index (χ2n) is 6.82. The van der Waals surface area contributed by atoms with Crippen LogP contribution in [0.5, 0.6) is 5.75 Å². The van der Waals surface area contributed by atoms with Gasteiger partial charge in [0.15, 0.2) is 0 Å². The van der Waals surface area contributed by atoms with Gasteiger partial charge in [-0.25, -0.2) is 9.78 Å². The molecule has 0 radical (unpaired) electrons. The number of nitrogens with zero attached hydrogens (tertiary/aromatic N) is 1. The van der Waals surface area contributed by atoms with E-state index in [2.05, 4.69) is 4.98 Å². The zero-order valence-corrected chi connectivity index (χ0v) is 18.0. The maximum absolute atomic E-state index is 12.9. The Morgan fingerprint density at radius 3 is 2.56 bits per heavy atom. The Balaban J connectivity index is 1.52. The van der Waals surface area contributed by atoms with E-state index in [1.54, 1.807) is 29.8 Å². The van der Waals surface area contributed by atoms with Crippen LogP contribution in [0.1, 0.15) is 11.1 Å². The first kappa shape index (κ1) is 22.2. The molecule has 0 amide bonds. The van der Waals surface area contributed by atoms with Crippen molar-refractivity contribution in [2.24, 2.45) is 0 Å². The lowest BCUT2D eigenvalue weighted by Crippen LogP contribution is -2.23. The fourth-order valence-electron chi connectivity index (χ4n) is 3.08. The van der Waals surface area contributed by atoms with Crippen molar-refractivity contribution >= 4 is 39.3 Å². The van der Waals surface area contributed by atoms with Crippen molar-refractivity contribution in [3.8, 4) is 16.9 Å². The molecule has 0 aliphatic carbocycles. The molecule has 32 heavy (non-hydrogen) atoms. The minimum atomic E-state index is -4.43. The Bertz CT molecular complexity index is 1240. The van der Waals surface area contributed by atoms with Crippen molar-refractivity contribution in [2.45, 2.75) is 17.4 Å². The predicted octanol–water partition coefficient (Wildman–Crippen LogP) is 6.71. The lowest BCUT2D eigenvalue weighted by atomic mass is 10.0. The molecule has 9 heteroatoms. The standard InChI is InChI=1S/C23H16F3NO3S2/c24-23(25,26)16-8-6-15(7-9-16)17-3-1-2-4-19(17)30-22(21(28)29)31-12-14-5-10-20-18(11-14)27-13-32-20/h1-11,13,22H,12H2,(H,28,29). The molecule has 0 spiro atoms. The second-order valence-corrected chi connectivity index (χ2v) is 8.76. The van der Waals surface area contributed by atoms with Crippen LogP contribution >= 0.6 is 23.1 Å². The Morgan fingerprint density at radius 1 is 1.09 bits per heavy atom. The predicted molar refractivity (Wildman–Crippen MR) is 120 cm³/mol. The third-order valence-corrected chi connectivity index (χ3v) is 6.55. The van der Waals surface area contributed by atoms with Gasteiger partial charge in [0.2, 0.25) is 5.44 Å². The monoisotopic (exact) mass is 475 g/mol. The molecule has 0 aliphatic rings. The molecule has 4 aromatic rings. The van der Waals surface area contributed by atoms with Crippen LogP contribution in [-0.2, 0) is 16.7 Å². The second kappa shape index (κ2) is 9.22. The third-order valence-electron chi connectivity index (χ3n) is 4.64. The highest BCUT2D eigenvalue weighted by atomic mass is 32.2. The van der Waals surface area contributed by atoms with Crippen molar-refractivity contribution in [1.82, 2.24) is 4.98 Å². The number of benzene rings is 3. The molecule has 0 aliphatic heterocycles. The van der Waals surface area contributed by atoms with Crippen LogP contribution in [0.25, 0.3) is 21.3 Å². The van der Waals surface area contributed by atoms with Crippen molar-refractivity contribution in [3.05, 3.63) is 83.4 Å². The number of carbonyl (C=O) groups is 1. The van der Waals surface area contributed by atoms with Crippen LogP contribution in [0.3, 0.4) is 0 Å². The van der Waals surface area contributed by atoms with Gasteiger partial charge < -0.3 is 9.84 Å². The van der Waals surface area contributed by atoms with E-state index >= 15 is 0 Å². The number of fused-ring (bicyclic) bond motifs is 1. The molecule has 164 valence electrons. The van der Waals surface area contributed by atoms with Crippen LogP contribution in [-0.4, -0.2) is 21.5 Å². The Morgan fingerprint density at radius 2 is 1.84 bits per heavy atom. The number of carboxylic acid groups (broad SMARTS) is 1. The van der Waals surface area contributed by atoms with Crippen LogP contribution in [0.15, 0.2) is 72.2 Å². The largest absolute Gasteiger partial charge is 0.478 e. The van der Waals surface area contributed by atoms with E-state index < -0.39 is 23.1 Å². The van der Waals surface area contributed by atoms with E-state index in [1.807, 2.05) is 18.2 Å². The number of aromatic nitrogens is 1. The lowest BCUT2D eigenvalue weighted by Gasteiger charge is -2.18. The highest BCUT2D eigenvalue weighted by Gasteiger charge is 2.30. The number of aliphatic carboxylic acids is 1. The van der Waals surface area contributed by atoms with E-state index in [4.69, 9.17) is 4.74 Å². The van der Waals surface area contributed by atoms with Crippen LogP contribution < -0.4 is 4.74 Å². The van der Waals surface area contributed by atoms with Gasteiger partial charge >= 0.3 is 12.1 Å². The van der Waals surface area contributed by atoms with Crippen molar-refractivity contribution in [1.29, 1.82) is 0 Å².